The fourth-order valence-corrected chi connectivity index (χ4v) is 2.56. The Kier molecular flexibility index (Phi) is 3.83. The summed E-state index contributed by atoms with van der Waals surface area (Å²) in [5.74, 6) is 0.617. The summed E-state index contributed by atoms with van der Waals surface area (Å²) in [7, 11) is 0. The molecule has 0 aliphatic heterocycles. The summed E-state index contributed by atoms with van der Waals surface area (Å²) in [5, 5.41) is 2.93. The van der Waals surface area contributed by atoms with Crippen LogP contribution in [0.3, 0.4) is 0 Å². The van der Waals surface area contributed by atoms with Gasteiger partial charge >= 0.3 is 0 Å². The van der Waals surface area contributed by atoms with Crippen LogP contribution in [0, 0.1) is 0 Å². The van der Waals surface area contributed by atoms with Crippen LogP contribution in [0.2, 0.25) is 0 Å². The molecule has 4 heteroatoms. The highest BCUT2D eigenvalue weighted by molar-refractivity contribution is 9.10. The molecular weight excluding hydrogens is 316 g/mol. The molecule has 1 heterocycles. The molecular formula is C16H15BrN2O. The van der Waals surface area contributed by atoms with Crippen molar-refractivity contribution in [1.29, 1.82) is 0 Å². The Morgan fingerprint density at radius 3 is 2.90 bits per heavy atom. The van der Waals surface area contributed by atoms with E-state index in [-0.39, 0.29) is 5.91 Å². The zero-order valence-corrected chi connectivity index (χ0v) is 12.6. The number of amides is 1. The van der Waals surface area contributed by atoms with Crippen LogP contribution in [0.15, 0.2) is 47.2 Å². The number of aromatic nitrogens is 1. The number of nitrogens with one attached hydrogen (secondary N) is 1. The van der Waals surface area contributed by atoms with Gasteiger partial charge in [0.2, 0.25) is 0 Å². The van der Waals surface area contributed by atoms with Gasteiger partial charge in [-0.05, 0) is 48.1 Å². The van der Waals surface area contributed by atoms with Gasteiger partial charge in [0.05, 0.1) is 0 Å². The summed E-state index contributed by atoms with van der Waals surface area (Å²) in [6.45, 7) is 0.513. The van der Waals surface area contributed by atoms with E-state index in [9.17, 15) is 4.79 Å². The smallest absolute Gasteiger partial charge is 0.251 e. The van der Waals surface area contributed by atoms with Crippen LogP contribution >= 0.6 is 15.9 Å². The minimum absolute atomic E-state index is 0.0666. The van der Waals surface area contributed by atoms with Crippen LogP contribution in [0.4, 0.5) is 0 Å². The third-order valence-electron chi connectivity index (χ3n) is 3.40. The molecule has 0 spiro atoms. The first kappa shape index (κ1) is 13.3. The van der Waals surface area contributed by atoms with Crippen molar-refractivity contribution in [1.82, 2.24) is 10.3 Å². The van der Waals surface area contributed by atoms with Gasteiger partial charge in [0.15, 0.2) is 0 Å². The quantitative estimate of drug-likeness (QED) is 0.929. The first-order valence-electron chi connectivity index (χ1n) is 6.70. The third kappa shape index (κ3) is 3.25. The maximum absolute atomic E-state index is 12.0. The SMILES string of the molecule is O=C(NCc1cncc(C2CC2)c1)c1cccc(Br)c1. The maximum Gasteiger partial charge on any atom is 0.251 e. The van der Waals surface area contributed by atoms with Gasteiger partial charge in [-0.2, -0.15) is 0 Å². The lowest BCUT2D eigenvalue weighted by Gasteiger charge is -2.07. The van der Waals surface area contributed by atoms with Crippen LogP contribution in [-0.2, 0) is 6.54 Å². The van der Waals surface area contributed by atoms with Crippen LogP contribution in [-0.4, -0.2) is 10.9 Å². The van der Waals surface area contributed by atoms with Gasteiger partial charge in [-0.25, -0.2) is 0 Å². The van der Waals surface area contributed by atoms with Gasteiger partial charge in [0, 0.05) is 29.0 Å². The fourth-order valence-electron chi connectivity index (χ4n) is 2.16. The minimum atomic E-state index is -0.0666. The van der Waals surface area contributed by atoms with E-state index in [0.717, 1.165) is 10.0 Å². The number of pyridine rings is 1. The summed E-state index contributed by atoms with van der Waals surface area (Å²) < 4.78 is 0.905. The van der Waals surface area contributed by atoms with Crippen molar-refractivity contribution in [2.45, 2.75) is 25.3 Å². The molecule has 1 saturated carbocycles. The fraction of sp³-hybridized carbons (Fsp3) is 0.250. The van der Waals surface area contributed by atoms with E-state index in [1.54, 1.807) is 6.07 Å². The van der Waals surface area contributed by atoms with Crippen molar-refractivity contribution < 1.29 is 4.79 Å². The molecule has 20 heavy (non-hydrogen) atoms. The molecule has 1 aliphatic carbocycles. The van der Waals surface area contributed by atoms with Crippen molar-refractivity contribution in [3.8, 4) is 0 Å². The van der Waals surface area contributed by atoms with Gasteiger partial charge in [0.25, 0.3) is 5.91 Å². The van der Waals surface area contributed by atoms with Crippen molar-refractivity contribution >= 4 is 21.8 Å². The van der Waals surface area contributed by atoms with Crippen LogP contribution in [0.25, 0.3) is 0 Å². The van der Waals surface area contributed by atoms with Crippen LogP contribution in [0.1, 0.15) is 40.2 Å². The van der Waals surface area contributed by atoms with Crippen molar-refractivity contribution in [2.75, 3.05) is 0 Å². The lowest BCUT2D eigenvalue weighted by Crippen LogP contribution is -2.22. The van der Waals surface area contributed by atoms with E-state index >= 15 is 0 Å². The van der Waals surface area contributed by atoms with Gasteiger partial charge in [-0.15, -0.1) is 0 Å². The molecule has 0 saturated heterocycles. The van der Waals surface area contributed by atoms with Gasteiger partial charge in [-0.3, -0.25) is 9.78 Å². The molecule has 1 aromatic carbocycles. The molecule has 0 bridgehead atoms. The molecule has 1 N–H and O–H groups in total. The highest BCUT2D eigenvalue weighted by Gasteiger charge is 2.23. The summed E-state index contributed by atoms with van der Waals surface area (Å²) >= 11 is 3.37. The van der Waals surface area contributed by atoms with E-state index in [1.807, 2.05) is 30.6 Å². The molecule has 1 fully saturated rings. The second-order valence-corrected chi connectivity index (χ2v) is 6.01. The Bertz CT molecular complexity index is 638. The molecule has 0 unspecified atom stereocenters. The predicted molar refractivity (Wildman–Crippen MR) is 81.5 cm³/mol. The number of benzene rings is 1. The van der Waals surface area contributed by atoms with Crippen LogP contribution in [0.5, 0.6) is 0 Å². The number of hydrogen-bond acceptors (Lipinski definition) is 2. The normalized spacial score (nSPS) is 14.1. The molecule has 1 amide bonds. The van der Waals surface area contributed by atoms with E-state index in [1.165, 1.54) is 18.4 Å². The number of carbonyl (C=O) groups is 1. The second kappa shape index (κ2) is 5.75. The van der Waals surface area contributed by atoms with E-state index in [4.69, 9.17) is 0 Å². The van der Waals surface area contributed by atoms with Gasteiger partial charge in [0.1, 0.15) is 0 Å². The molecule has 3 rings (SSSR count). The molecule has 102 valence electrons. The average Bonchev–Trinajstić information content (AvgIpc) is 3.30. The van der Waals surface area contributed by atoms with E-state index in [2.05, 4.69) is 32.3 Å². The van der Waals surface area contributed by atoms with Gasteiger partial charge < -0.3 is 5.32 Å². The van der Waals surface area contributed by atoms with Crippen LogP contribution < -0.4 is 5.32 Å². The first-order chi connectivity index (χ1) is 9.72. The standard InChI is InChI=1S/C16H15BrN2O/c17-15-3-1-2-13(7-15)16(20)19-9-11-6-14(10-18-8-11)12-4-5-12/h1-3,6-8,10,12H,4-5,9H2,(H,19,20). The Balaban J connectivity index is 1.64. The van der Waals surface area contributed by atoms with Crippen molar-refractivity contribution in [3.05, 3.63) is 63.9 Å². The molecule has 2 aromatic rings. The number of rotatable bonds is 4. The largest absolute Gasteiger partial charge is 0.348 e. The molecule has 1 aliphatic rings. The zero-order chi connectivity index (χ0) is 13.9. The van der Waals surface area contributed by atoms with Crippen molar-refractivity contribution in [3.63, 3.8) is 0 Å². The summed E-state index contributed by atoms with van der Waals surface area (Å²) in [4.78, 5) is 16.3. The Morgan fingerprint density at radius 2 is 2.15 bits per heavy atom. The second-order valence-electron chi connectivity index (χ2n) is 5.09. The molecule has 1 aromatic heterocycles. The lowest BCUT2D eigenvalue weighted by atomic mass is 10.1. The first-order valence-corrected chi connectivity index (χ1v) is 7.49. The maximum atomic E-state index is 12.0. The number of nitrogens with zero attached hydrogens (tertiary/aromatic N) is 1. The number of halogens is 1. The summed E-state index contributed by atoms with van der Waals surface area (Å²) in [5.41, 5.74) is 3.00. The predicted octanol–water partition coefficient (Wildman–Crippen LogP) is 3.65. The highest BCUT2D eigenvalue weighted by Crippen LogP contribution is 2.39. The Morgan fingerprint density at radius 1 is 1.30 bits per heavy atom. The topological polar surface area (TPSA) is 42.0 Å². The lowest BCUT2D eigenvalue weighted by molar-refractivity contribution is 0.0951. The Hall–Kier alpha value is -1.68. The van der Waals surface area contributed by atoms with E-state index in [0.29, 0.717) is 18.0 Å². The Labute approximate surface area is 126 Å². The van der Waals surface area contributed by atoms with Crippen molar-refractivity contribution in [2.24, 2.45) is 0 Å². The molecule has 0 radical (unpaired) electrons. The van der Waals surface area contributed by atoms with Gasteiger partial charge in [-0.1, -0.05) is 28.1 Å². The molecule has 3 nitrogen and oxygen atoms in total. The molecule has 0 atom stereocenters. The number of hydrogen-bond donors (Lipinski definition) is 1. The highest BCUT2D eigenvalue weighted by atomic mass is 79.9. The number of carbonyl (C=O) groups excluding carboxylic acids is 1. The summed E-state index contributed by atoms with van der Waals surface area (Å²) in [6, 6.07) is 9.52. The summed E-state index contributed by atoms with van der Waals surface area (Å²) in [6.07, 6.45) is 6.26. The monoisotopic (exact) mass is 330 g/mol. The zero-order valence-electron chi connectivity index (χ0n) is 11.0. The average molecular weight is 331 g/mol. The van der Waals surface area contributed by atoms with E-state index < -0.39 is 0 Å². The third-order valence-corrected chi connectivity index (χ3v) is 3.90. The minimum Gasteiger partial charge on any atom is -0.348 e.